The van der Waals surface area contributed by atoms with Gasteiger partial charge in [-0.05, 0) is 87.3 Å². The Balaban J connectivity index is 3.04. The predicted octanol–water partition coefficient (Wildman–Crippen LogP) is 7.80. The summed E-state index contributed by atoms with van der Waals surface area (Å²) < 4.78 is 0. The van der Waals surface area contributed by atoms with Gasteiger partial charge in [0.15, 0.2) is 0 Å². The van der Waals surface area contributed by atoms with Crippen molar-refractivity contribution in [1.82, 2.24) is 0 Å². The molecule has 0 atom stereocenters. The fourth-order valence-corrected chi connectivity index (χ4v) is 3.61. The zero-order valence-corrected chi connectivity index (χ0v) is 18.8. The SMILES string of the molecule is CC(=C/C=C/C(C)=C/C(=O)O)/C=C1\CCCC(CCC(C)C)=C1CCC(C)C. The maximum absolute atomic E-state index is 10.7. The van der Waals surface area contributed by atoms with Gasteiger partial charge in [-0.2, -0.15) is 0 Å². The van der Waals surface area contributed by atoms with E-state index in [9.17, 15) is 4.79 Å². The molecule has 0 bridgehead atoms. The molecule has 2 heteroatoms. The minimum atomic E-state index is -0.902. The molecular weight excluding hydrogens is 344 g/mol. The summed E-state index contributed by atoms with van der Waals surface area (Å²) in [6, 6.07) is 0. The average molecular weight is 385 g/mol. The van der Waals surface area contributed by atoms with Crippen molar-refractivity contribution >= 4 is 5.97 Å². The second-order valence-electron chi connectivity index (χ2n) is 8.97. The number of hydrogen-bond acceptors (Lipinski definition) is 1. The molecule has 28 heavy (non-hydrogen) atoms. The van der Waals surface area contributed by atoms with E-state index in [-0.39, 0.29) is 0 Å². The summed E-state index contributed by atoms with van der Waals surface area (Å²) >= 11 is 0. The van der Waals surface area contributed by atoms with E-state index in [1.807, 2.05) is 12.2 Å². The molecule has 0 heterocycles. The molecule has 2 nitrogen and oxygen atoms in total. The first-order valence-electron chi connectivity index (χ1n) is 10.9. The van der Waals surface area contributed by atoms with Crippen LogP contribution in [-0.2, 0) is 4.79 Å². The molecule has 1 rings (SSSR count). The van der Waals surface area contributed by atoms with Crippen molar-refractivity contribution in [2.45, 2.75) is 86.5 Å². The summed E-state index contributed by atoms with van der Waals surface area (Å²) in [5, 5.41) is 8.79. The van der Waals surface area contributed by atoms with Gasteiger partial charge in [-0.25, -0.2) is 4.79 Å². The molecule has 0 radical (unpaired) electrons. The monoisotopic (exact) mass is 384 g/mol. The first-order chi connectivity index (χ1) is 13.2. The Morgan fingerprint density at radius 1 is 1.00 bits per heavy atom. The van der Waals surface area contributed by atoms with Gasteiger partial charge in [-0.1, -0.05) is 63.1 Å². The van der Waals surface area contributed by atoms with Crippen LogP contribution < -0.4 is 0 Å². The molecule has 0 aliphatic heterocycles. The van der Waals surface area contributed by atoms with Crippen molar-refractivity contribution in [3.8, 4) is 0 Å². The molecule has 1 aliphatic rings. The lowest BCUT2D eigenvalue weighted by molar-refractivity contribution is -0.131. The van der Waals surface area contributed by atoms with Crippen LogP contribution in [0.15, 0.2) is 58.2 Å². The highest BCUT2D eigenvalue weighted by atomic mass is 16.4. The number of carboxylic acid groups (broad SMARTS) is 1. The van der Waals surface area contributed by atoms with Crippen molar-refractivity contribution in [3.05, 3.63) is 58.2 Å². The largest absolute Gasteiger partial charge is 0.478 e. The Morgan fingerprint density at radius 2 is 1.64 bits per heavy atom. The molecular formula is C26H40O2. The Hall–Kier alpha value is -1.83. The second-order valence-corrected chi connectivity index (χ2v) is 8.97. The van der Waals surface area contributed by atoms with E-state index in [1.54, 1.807) is 18.1 Å². The van der Waals surface area contributed by atoms with Gasteiger partial charge in [-0.3, -0.25) is 0 Å². The summed E-state index contributed by atoms with van der Waals surface area (Å²) in [7, 11) is 0. The van der Waals surface area contributed by atoms with Crippen LogP contribution in [0.3, 0.4) is 0 Å². The summed E-state index contributed by atoms with van der Waals surface area (Å²) in [5.41, 5.74) is 6.80. The number of hydrogen-bond donors (Lipinski definition) is 1. The van der Waals surface area contributed by atoms with Crippen LogP contribution in [0.1, 0.15) is 86.5 Å². The lowest BCUT2D eigenvalue weighted by Gasteiger charge is -2.25. The Kier molecular flexibility index (Phi) is 10.9. The van der Waals surface area contributed by atoms with Crippen molar-refractivity contribution in [1.29, 1.82) is 0 Å². The van der Waals surface area contributed by atoms with Crippen molar-refractivity contribution < 1.29 is 9.90 Å². The van der Waals surface area contributed by atoms with Gasteiger partial charge in [0.1, 0.15) is 0 Å². The Labute approximate surface area is 172 Å². The summed E-state index contributed by atoms with van der Waals surface area (Å²) in [6.45, 7) is 13.2. The third-order valence-corrected chi connectivity index (χ3v) is 5.21. The summed E-state index contributed by atoms with van der Waals surface area (Å²) in [5.74, 6) is 0.577. The van der Waals surface area contributed by atoms with Gasteiger partial charge in [0.05, 0.1) is 0 Å². The van der Waals surface area contributed by atoms with E-state index in [0.717, 1.165) is 17.4 Å². The Bertz CT molecular complexity index is 667. The normalized spacial score (nSPS) is 18.2. The minimum absolute atomic E-state index is 0.727. The summed E-state index contributed by atoms with van der Waals surface area (Å²) in [4.78, 5) is 10.7. The number of carboxylic acids is 1. The number of carbonyl (C=O) groups is 1. The van der Waals surface area contributed by atoms with Crippen molar-refractivity contribution in [2.24, 2.45) is 11.8 Å². The molecule has 0 saturated heterocycles. The van der Waals surface area contributed by atoms with Crippen LogP contribution in [0, 0.1) is 11.8 Å². The first-order valence-corrected chi connectivity index (χ1v) is 10.9. The standard InChI is InChI=1S/C26H40O2/c1-19(2)13-15-23-11-8-12-24(25(23)16-14-20(3)4)17-21(5)9-7-10-22(6)18-26(27)28/h7,9-10,17-20H,8,11-16H2,1-6H3,(H,27,28)/b10-7+,21-9-,22-18+,24-17+. The molecule has 0 saturated carbocycles. The molecule has 0 fully saturated rings. The lowest BCUT2D eigenvalue weighted by atomic mass is 9.81. The fraction of sp³-hybridized carbons (Fsp3) is 0.577. The van der Waals surface area contributed by atoms with Gasteiger partial charge in [0, 0.05) is 6.08 Å². The Morgan fingerprint density at radius 3 is 2.25 bits per heavy atom. The molecule has 0 aromatic heterocycles. The highest BCUT2D eigenvalue weighted by Crippen LogP contribution is 2.36. The summed E-state index contributed by atoms with van der Waals surface area (Å²) in [6.07, 6.45) is 18.1. The molecule has 0 aromatic carbocycles. The fourth-order valence-electron chi connectivity index (χ4n) is 3.61. The third-order valence-electron chi connectivity index (χ3n) is 5.21. The smallest absolute Gasteiger partial charge is 0.328 e. The van der Waals surface area contributed by atoms with Crippen LogP contribution in [0.5, 0.6) is 0 Å². The maximum atomic E-state index is 10.7. The predicted molar refractivity (Wildman–Crippen MR) is 121 cm³/mol. The van der Waals surface area contributed by atoms with Gasteiger partial charge < -0.3 is 5.11 Å². The molecule has 0 spiro atoms. The molecule has 0 unspecified atom stereocenters. The van der Waals surface area contributed by atoms with Crippen LogP contribution in [0.4, 0.5) is 0 Å². The highest BCUT2D eigenvalue weighted by molar-refractivity contribution is 5.81. The van der Waals surface area contributed by atoms with E-state index in [2.05, 4.69) is 46.8 Å². The first kappa shape index (κ1) is 24.2. The van der Waals surface area contributed by atoms with Crippen molar-refractivity contribution in [3.63, 3.8) is 0 Å². The van der Waals surface area contributed by atoms with E-state index >= 15 is 0 Å². The van der Waals surface area contributed by atoms with E-state index in [1.165, 1.54) is 62.2 Å². The number of rotatable bonds is 10. The van der Waals surface area contributed by atoms with Gasteiger partial charge in [-0.15, -0.1) is 0 Å². The number of aliphatic carboxylic acids is 1. The van der Waals surface area contributed by atoms with Crippen LogP contribution in [-0.4, -0.2) is 11.1 Å². The topological polar surface area (TPSA) is 37.3 Å². The molecule has 156 valence electrons. The van der Waals surface area contributed by atoms with Crippen LogP contribution >= 0.6 is 0 Å². The van der Waals surface area contributed by atoms with E-state index < -0.39 is 5.97 Å². The van der Waals surface area contributed by atoms with Gasteiger partial charge in [0.2, 0.25) is 0 Å². The molecule has 0 aromatic rings. The minimum Gasteiger partial charge on any atom is -0.478 e. The number of allylic oxidation sites excluding steroid dienone is 9. The van der Waals surface area contributed by atoms with Crippen LogP contribution in [0.25, 0.3) is 0 Å². The average Bonchev–Trinajstić information content (AvgIpc) is 2.58. The van der Waals surface area contributed by atoms with Gasteiger partial charge in [0.25, 0.3) is 0 Å². The second kappa shape index (κ2) is 12.6. The molecule has 0 amide bonds. The van der Waals surface area contributed by atoms with E-state index in [0.29, 0.717) is 0 Å². The zero-order valence-electron chi connectivity index (χ0n) is 18.8. The quantitative estimate of drug-likeness (QED) is 0.308. The zero-order chi connectivity index (χ0) is 21.1. The van der Waals surface area contributed by atoms with E-state index in [4.69, 9.17) is 5.11 Å². The van der Waals surface area contributed by atoms with Crippen LogP contribution in [0.2, 0.25) is 0 Å². The maximum Gasteiger partial charge on any atom is 0.328 e. The van der Waals surface area contributed by atoms with Crippen molar-refractivity contribution in [2.75, 3.05) is 0 Å². The lowest BCUT2D eigenvalue weighted by Crippen LogP contribution is -2.06. The third kappa shape index (κ3) is 9.92. The van der Waals surface area contributed by atoms with Gasteiger partial charge >= 0.3 is 5.97 Å². The molecule has 1 N–H and O–H groups in total. The highest BCUT2D eigenvalue weighted by Gasteiger charge is 2.17. The molecule has 1 aliphatic carbocycles.